The summed E-state index contributed by atoms with van der Waals surface area (Å²) in [6, 6.07) is 44.9. The number of pyridine rings is 1. The lowest BCUT2D eigenvalue weighted by Gasteiger charge is -2.35. The van der Waals surface area contributed by atoms with Crippen LogP contribution in [0, 0.1) is 6.92 Å². The maximum absolute atomic E-state index is 7.01. The van der Waals surface area contributed by atoms with Crippen molar-refractivity contribution in [3.05, 3.63) is 138 Å². The molecule has 2 aliphatic rings. The van der Waals surface area contributed by atoms with Crippen LogP contribution in [0.1, 0.15) is 58.2 Å². The first-order chi connectivity index (χ1) is 26.9. The Hall–Kier alpha value is -6.07. The number of ether oxygens (including phenoxy) is 2. The number of para-hydroxylation sites is 3. The van der Waals surface area contributed by atoms with Crippen LogP contribution >= 0.6 is 0 Å². The summed E-state index contributed by atoms with van der Waals surface area (Å²) in [5.74, 6) is 3.59. The first-order valence-corrected chi connectivity index (χ1v) is 19.9. The zero-order chi connectivity index (χ0) is 38.4. The zero-order valence-corrected chi connectivity index (χ0v) is 33.3. The molecule has 0 bridgehead atoms. The number of nitrogens with zero attached hydrogens (tertiary/aromatic N) is 2. The molecular weight excluding hydrogens is 683 g/mol. The van der Waals surface area contributed by atoms with Gasteiger partial charge < -0.3 is 9.47 Å². The molecule has 0 saturated heterocycles. The molecule has 7 aromatic carbocycles. The quantitative estimate of drug-likeness (QED) is 0.0956. The third-order valence-corrected chi connectivity index (χ3v) is 12.6. The maximum Gasteiger partial charge on any atom is 0.295 e. The number of aromatic nitrogens is 2. The summed E-state index contributed by atoms with van der Waals surface area (Å²) in [5.41, 5.74) is 14.6. The minimum absolute atomic E-state index is 0.00279. The minimum atomic E-state index is -0.00529. The summed E-state index contributed by atoms with van der Waals surface area (Å²) >= 11 is 0. The lowest BCUT2D eigenvalue weighted by Crippen LogP contribution is -2.57. The van der Waals surface area contributed by atoms with Gasteiger partial charge in [-0.05, 0) is 104 Å². The van der Waals surface area contributed by atoms with Gasteiger partial charge in [0.05, 0.1) is 12.4 Å². The smallest absolute Gasteiger partial charge is 0.295 e. The van der Waals surface area contributed by atoms with Gasteiger partial charge in [0.15, 0.2) is 11.0 Å². The van der Waals surface area contributed by atoms with E-state index in [1.165, 1.54) is 71.5 Å². The third-order valence-electron chi connectivity index (χ3n) is 12.6. The molecule has 2 aliphatic heterocycles. The highest BCUT2D eigenvalue weighted by Crippen LogP contribution is 2.44. The standard InChI is InChI=1S/C51H44BN2O2/c1-29-17-21-34(46-36-13-9-10-14-39(36)54-41-16-12-11-15-40(41)53(8)49(54)45(29)46)30-18-22-35-31(25-30)26-44-47-48(35)56-43-24-20-33(51(5,6)7)28-38(43)52(47)37-27-32(50(2,3)4)19-23-42(37)55-44/h9-28H,1-8H3/q+1. The van der Waals surface area contributed by atoms with Gasteiger partial charge in [0.1, 0.15) is 28.5 Å². The summed E-state index contributed by atoms with van der Waals surface area (Å²) in [6.07, 6.45) is 0. The summed E-state index contributed by atoms with van der Waals surface area (Å²) in [5, 5.41) is 5.97. The molecule has 4 heterocycles. The van der Waals surface area contributed by atoms with E-state index in [4.69, 9.17) is 9.47 Å². The molecule has 0 unspecified atom stereocenters. The van der Waals surface area contributed by atoms with Gasteiger partial charge in [0, 0.05) is 21.6 Å². The summed E-state index contributed by atoms with van der Waals surface area (Å²) in [7, 11) is 2.19. The van der Waals surface area contributed by atoms with Crippen LogP contribution < -0.4 is 30.4 Å². The number of aryl methyl sites for hydroxylation is 2. The molecule has 0 aliphatic carbocycles. The van der Waals surface area contributed by atoms with Crippen molar-refractivity contribution in [2.24, 2.45) is 7.05 Å². The molecule has 0 fully saturated rings. The van der Waals surface area contributed by atoms with Gasteiger partial charge in [-0.1, -0.05) is 120 Å². The lowest BCUT2D eigenvalue weighted by atomic mass is 9.34. The lowest BCUT2D eigenvalue weighted by molar-refractivity contribution is -0.617. The highest BCUT2D eigenvalue weighted by atomic mass is 16.5. The van der Waals surface area contributed by atoms with Crippen molar-refractivity contribution in [2.75, 3.05) is 0 Å². The zero-order valence-electron chi connectivity index (χ0n) is 33.3. The van der Waals surface area contributed by atoms with E-state index in [9.17, 15) is 0 Å². The number of hydrogen-bond acceptors (Lipinski definition) is 2. The van der Waals surface area contributed by atoms with Gasteiger partial charge in [0.2, 0.25) is 0 Å². The molecule has 0 amide bonds. The molecule has 9 aromatic rings. The van der Waals surface area contributed by atoms with E-state index < -0.39 is 0 Å². The van der Waals surface area contributed by atoms with E-state index >= 15 is 0 Å². The van der Waals surface area contributed by atoms with Crippen LogP contribution in [0.2, 0.25) is 0 Å². The molecule has 2 aromatic heterocycles. The number of rotatable bonds is 1. The van der Waals surface area contributed by atoms with Gasteiger partial charge in [-0.3, -0.25) is 0 Å². The van der Waals surface area contributed by atoms with Crippen molar-refractivity contribution in [2.45, 2.75) is 59.3 Å². The molecule has 0 saturated carbocycles. The number of fused-ring (bicyclic) bond motifs is 14. The molecular formula is C51H44BN2O2+. The molecule has 0 N–H and O–H groups in total. The van der Waals surface area contributed by atoms with Crippen molar-refractivity contribution in [1.29, 1.82) is 0 Å². The fourth-order valence-corrected chi connectivity index (χ4v) is 9.61. The highest BCUT2D eigenvalue weighted by Gasteiger charge is 2.42. The average molecular weight is 728 g/mol. The van der Waals surface area contributed by atoms with E-state index in [0.29, 0.717) is 0 Å². The van der Waals surface area contributed by atoms with Crippen LogP contribution in [0.3, 0.4) is 0 Å². The van der Waals surface area contributed by atoms with Crippen LogP contribution in [-0.4, -0.2) is 11.1 Å². The first-order valence-electron chi connectivity index (χ1n) is 19.9. The topological polar surface area (TPSA) is 26.8 Å². The predicted molar refractivity (Wildman–Crippen MR) is 234 cm³/mol. The normalized spacial score (nSPS) is 13.6. The number of hydrogen-bond donors (Lipinski definition) is 0. The Morgan fingerprint density at radius 3 is 1.96 bits per heavy atom. The second-order valence-electron chi connectivity index (χ2n) is 18.1. The molecule has 11 rings (SSSR count). The fraction of sp³-hybridized carbons (Fsp3) is 0.196. The molecule has 0 atom stereocenters. The van der Waals surface area contributed by atoms with E-state index in [1.54, 1.807) is 0 Å². The predicted octanol–water partition coefficient (Wildman–Crippen LogP) is 10.7. The van der Waals surface area contributed by atoms with Gasteiger partial charge in [-0.2, -0.15) is 4.40 Å². The largest absolute Gasteiger partial charge is 0.458 e. The molecule has 0 radical (unpaired) electrons. The molecule has 56 heavy (non-hydrogen) atoms. The Balaban J connectivity index is 1.17. The second-order valence-corrected chi connectivity index (χ2v) is 18.1. The van der Waals surface area contributed by atoms with Gasteiger partial charge in [-0.25, -0.2) is 4.57 Å². The van der Waals surface area contributed by atoms with Crippen molar-refractivity contribution in [3.63, 3.8) is 0 Å². The van der Waals surface area contributed by atoms with Crippen molar-refractivity contribution in [3.8, 4) is 34.1 Å². The Morgan fingerprint density at radius 2 is 1.25 bits per heavy atom. The van der Waals surface area contributed by atoms with Gasteiger partial charge >= 0.3 is 0 Å². The summed E-state index contributed by atoms with van der Waals surface area (Å²) < 4.78 is 18.7. The fourth-order valence-electron chi connectivity index (χ4n) is 9.61. The van der Waals surface area contributed by atoms with Crippen LogP contribution in [0.15, 0.2) is 121 Å². The Morgan fingerprint density at radius 1 is 0.589 bits per heavy atom. The van der Waals surface area contributed by atoms with Gasteiger partial charge in [-0.15, -0.1) is 0 Å². The SMILES string of the molecule is Cc1ccc(-c2ccc3c4c5c(cc3c2)Oc2ccc(C(C)(C)C)cc2B5c2cc(C(C)(C)C)ccc2O4)c2c3ccccc3n3c4ccccc4[n+](C)c3c12. The Bertz CT molecular complexity index is 3170. The highest BCUT2D eigenvalue weighted by molar-refractivity contribution is 6.98. The van der Waals surface area contributed by atoms with Crippen molar-refractivity contribution in [1.82, 2.24) is 4.40 Å². The average Bonchev–Trinajstić information content (AvgIpc) is 3.48. The van der Waals surface area contributed by atoms with Gasteiger partial charge in [0.25, 0.3) is 12.4 Å². The van der Waals surface area contributed by atoms with Crippen LogP contribution in [-0.2, 0) is 17.9 Å². The minimum Gasteiger partial charge on any atom is -0.458 e. The number of imidazole rings is 1. The Labute approximate surface area is 328 Å². The molecule has 4 nitrogen and oxygen atoms in total. The van der Waals surface area contributed by atoms with Crippen molar-refractivity contribution >= 4 is 72.2 Å². The second kappa shape index (κ2) is 11.3. The Kier molecular flexibility index (Phi) is 6.69. The maximum atomic E-state index is 7.01. The third kappa shape index (κ3) is 4.57. The van der Waals surface area contributed by atoms with E-state index in [0.717, 1.165) is 44.8 Å². The van der Waals surface area contributed by atoms with E-state index in [1.807, 2.05) is 0 Å². The summed E-state index contributed by atoms with van der Waals surface area (Å²) in [6.45, 7) is 15.9. The van der Waals surface area contributed by atoms with E-state index in [2.05, 4.69) is 186 Å². The van der Waals surface area contributed by atoms with E-state index in [-0.39, 0.29) is 17.5 Å². The van der Waals surface area contributed by atoms with Crippen LogP contribution in [0.5, 0.6) is 23.0 Å². The van der Waals surface area contributed by atoms with Crippen LogP contribution in [0.25, 0.3) is 60.3 Å². The van der Waals surface area contributed by atoms with Crippen LogP contribution in [0.4, 0.5) is 0 Å². The summed E-state index contributed by atoms with van der Waals surface area (Å²) in [4.78, 5) is 0. The monoisotopic (exact) mass is 727 g/mol. The molecule has 5 heteroatoms. The van der Waals surface area contributed by atoms with Crippen molar-refractivity contribution < 1.29 is 14.0 Å². The number of benzene rings is 7. The molecule has 0 spiro atoms. The first kappa shape index (κ1) is 33.3. The molecule has 272 valence electrons.